The van der Waals surface area contributed by atoms with E-state index in [1.165, 1.54) is 10.8 Å². The molecule has 2 aromatic rings. The molecule has 0 aliphatic heterocycles. The van der Waals surface area contributed by atoms with Crippen LogP contribution < -0.4 is 5.43 Å². The van der Waals surface area contributed by atoms with Gasteiger partial charge in [0, 0.05) is 11.6 Å². The molecule has 0 saturated heterocycles. The van der Waals surface area contributed by atoms with Gasteiger partial charge in [-0.15, -0.1) is 0 Å². The highest BCUT2D eigenvalue weighted by Gasteiger charge is 2.16. The Morgan fingerprint density at radius 3 is 2.65 bits per heavy atom. The molecule has 0 amide bonds. The lowest BCUT2D eigenvalue weighted by atomic mass is 10.1. The number of hydrogen-bond donors (Lipinski definition) is 1. The van der Waals surface area contributed by atoms with Crippen molar-refractivity contribution in [3.8, 4) is 0 Å². The van der Waals surface area contributed by atoms with E-state index in [0.717, 1.165) is 0 Å². The molecule has 0 unspecified atom stereocenters. The van der Waals surface area contributed by atoms with Crippen molar-refractivity contribution in [2.45, 2.75) is 13.5 Å². The minimum Gasteiger partial charge on any atom is -0.480 e. The average molecular weight is 275 g/mol. The van der Waals surface area contributed by atoms with Crippen molar-refractivity contribution in [3.63, 3.8) is 0 Å². The number of rotatable bonds is 4. The summed E-state index contributed by atoms with van der Waals surface area (Å²) in [6.45, 7) is 1.44. The molecule has 0 fully saturated rings. The number of nitrogens with zero attached hydrogens (tertiary/aromatic N) is 1. The molecule has 20 heavy (non-hydrogen) atoms. The van der Waals surface area contributed by atoms with Gasteiger partial charge in [-0.05, 0) is 19.1 Å². The largest absolute Gasteiger partial charge is 0.480 e. The predicted octanol–water partition coefficient (Wildman–Crippen LogP) is 1.26. The fourth-order valence-corrected chi connectivity index (χ4v) is 1.98. The summed E-state index contributed by atoms with van der Waals surface area (Å²) in [7, 11) is 0. The Bertz CT molecular complexity index is 732. The fourth-order valence-electron chi connectivity index (χ4n) is 1.98. The van der Waals surface area contributed by atoms with E-state index in [-0.39, 0.29) is 18.7 Å². The smallest absolute Gasteiger partial charge is 0.343 e. The van der Waals surface area contributed by atoms with E-state index in [1.807, 2.05) is 0 Å². The van der Waals surface area contributed by atoms with E-state index in [9.17, 15) is 14.4 Å². The van der Waals surface area contributed by atoms with E-state index in [4.69, 9.17) is 9.84 Å². The summed E-state index contributed by atoms with van der Waals surface area (Å²) in [6, 6.07) is 6.54. The van der Waals surface area contributed by atoms with Crippen molar-refractivity contribution in [2.75, 3.05) is 6.61 Å². The standard InChI is InChI=1S/C14H13NO5/c1-2-20-14(19)10-7-15(8-12(16)17)11-6-4-3-5-9(11)13(10)18/h3-7H,2,8H2,1H3,(H,16,17). The number of carbonyl (C=O) groups excluding carboxylic acids is 1. The monoisotopic (exact) mass is 275 g/mol. The van der Waals surface area contributed by atoms with Gasteiger partial charge in [0.25, 0.3) is 0 Å². The number of carboxylic acids is 1. The molecule has 0 radical (unpaired) electrons. The number of esters is 1. The summed E-state index contributed by atoms with van der Waals surface area (Å²) in [5.41, 5.74) is -0.152. The van der Waals surface area contributed by atoms with Crippen LogP contribution in [0.25, 0.3) is 10.9 Å². The van der Waals surface area contributed by atoms with Gasteiger partial charge in [-0.25, -0.2) is 4.79 Å². The van der Waals surface area contributed by atoms with Crippen LogP contribution in [0.4, 0.5) is 0 Å². The second-order valence-electron chi connectivity index (χ2n) is 4.13. The van der Waals surface area contributed by atoms with Gasteiger partial charge in [0.1, 0.15) is 12.1 Å². The lowest BCUT2D eigenvalue weighted by molar-refractivity contribution is -0.137. The van der Waals surface area contributed by atoms with Crippen LogP contribution in [0, 0.1) is 0 Å². The van der Waals surface area contributed by atoms with E-state index >= 15 is 0 Å². The lowest BCUT2D eigenvalue weighted by Gasteiger charge is -2.10. The molecule has 1 aromatic heterocycles. The Balaban J connectivity index is 2.71. The van der Waals surface area contributed by atoms with Crippen molar-refractivity contribution in [2.24, 2.45) is 0 Å². The first-order valence-corrected chi connectivity index (χ1v) is 6.05. The molecular formula is C14H13NO5. The van der Waals surface area contributed by atoms with Gasteiger partial charge >= 0.3 is 11.9 Å². The van der Waals surface area contributed by atoms with Crippen LogP contribution in [0.5, 0.6) is 0 Å². The molecule has 1 N–H and O–H groups in total. The SMILES string of the molecule is CCOC(=O)c1cn(CC(=O)O)c2ccccc2c1=O. The summed E-state index contributed by atoms with van der Waals surface area (Å²) in [5.74, 6) is -1.81. The third kappa shape index (κ3) is 2.54. The van der Waals surface area contributed by atoms with Gasteiger partial charge in [-0.3, -0.25) is 9.59 Å². The number of benzene rings is 1. The number of aromatic nitrogens is 1. The second-order valence-corrected chi connectivity index (χ2v) is 4.13. The molecule has 0 bridgehead atoms. The summed E-state index contributed by atoms with van der Waals surface area (Å²) in [6.07, 6.45) is 1.23. The van der Waals surface area contributed by atoms with E-state index in [0.29, 0.717) is 10.9 Å². The molecule has 104 valence electrons. The molecule has 6 nitrogen and oxygen atoms in total. The predicted molar refractivity (Wildman–Crippen MR) is 71.8 cm³/mol. The number of ether oxygens (including phenoxy) is 1. The fraction of sp³-hybridized carbons (Fsp3) is 0.214. The molecule has 0 aliphatic carbocycles. The number of pyridine rings is 1. The molecular weight excluding hydrogens is 262 g/mol. The maximum atomic E-state index is 12.2. The van der Waals surface area contributed by atoms with Crippen molar-refractivity contribution in [3.05, 3.63) is 46.2 Å². The first kappa shape index (κ1) is 13.8. The zero-order valence-electron chi connectivity index (χ0n) is 10.8. The minimum absolute atomic E-state index is 0.143. The van der Waals surface area contributed by atoms with Crippen LogP contribution >= 0.6 is 0 Å². The summed E-state index contributed by atoms with van der Waals surface area (Å²) >= 11 is 0. The minimum atomic E-state index is -1.06. The van der Waals surface area contributed by atoms with Crippen LogP contribution in [0.15, 0.2) is 35.3 Å². The van der Waals surface area contributed by atoms with Crippen molar-refractivity contribution >= 4 is 22.8 Å². The molecule has 1 heterocycles. The first-order valence-electron chi connectivity index (χ1n) is 6.05. The maximum absolute atomic E-state index is 12.2. The van der Waals surface area contributed by atoms with E-state index < -0.39 is 17.4 Å². The molecule has 0 spiro atoms. The Kier molecular flexibility index (Phi) is 3.84. The molecule has 1 aromatic carbocycles. The highest BCUT2D eigenvalue weighted by molar-refractivity contribution is 5.94. The van der Waals surface area contributed by atoms with Gasteiger partial charge < -0.3 is 14.4 Å². The van der Waals surface area contributed by atoms with Crippen molar-refractivity contribution in [1.29, 1.82) is 0 Å². The van der Waals surface area contributed by atoms with Crippen LogP contribution in [0.3, 0.4) is 0 Å². The third-order valence-electron chi connectivity index (χ3n) is 2.79. The number of para-hydroxylation sites is 1. The number of aliphatic carboxylic acids is 1. The average Bonchev–Trinajstić information content (AvgIpc) is 2.42. The first-order chi connectivity index (χ1) is 9.54. The lowest BCUT2D eigenvalue weighted by Crippen LogP contribution is -2.22. The third-order valence-corrected chi connectivity index (χ3v) is 2.79. The molecule has 2 rings (SSSR count). The van der Waals surface area contributed by atoms with Crippen molar-refractivity contribution < 1.29 is 19.4 Å². The van der Waals surface area contributed by atoms with Crippen LogP contribution in [0.1, 0.15) is 17.3 Å². The second kappa shape index (κ2) is 5.56. The van der Waals surface area contributed by atoms with Gasteiger partial charge in [-0.2, -0.15) is 0 Å². The van der Waals surface area contributed by atoms with E-state index in [1.54, 1.807) is 31.2 Å². The van der Waals surface area contributed by atoms with E-state index in [2.05, 4.69) is 0 Å². The Hall–Kier alpha value is -2.63. The summed E-state index contributed by atoms with van der Waals surface area (Å²) in [4.78, 5) is 34.9. The summed E-state index contributed by atoms with van der Waals surface area (Å²) in [5, 5.41) is 9.20. The molecule has 0 aliphatic rings. The Morgan fingerprint density at radius 2 is 2.00 bits per heavy atom. The highest BCUT2D eigenvalue weighted by atomic mass is 16.5. The van der Waals surface area contributed by atoms with Gasteiger partial charge in [-0.1, -0.05) is 12.1 Å². The van der Waals surface area contributed by atoms with Gasteiger partial charge in [0.2, 0.25) is 5.43 Å². The van der Waals surface area contributed by atoms with Gasteiger partial charge in [0.05, 0.1) is 12.1 Å². The van der Waals surface area contributed by atoms with Crippen LogP contribution in [0.2, 0.25) is 0 Å². The van der Waals surface area contributed by atoms with Crippen molar-refractivity contribution in [1.82, 2.24) is 4.57 Å². The normalized spacial score (nSPS) is 10.4. The quantitative estimate of drug-likeness (QED) is 0.849. The zero-order chi connectivity index (χ0) is 14.7. The highest BCUT2D eigenvalue weighted by Crippen LogP contribution is 2.12. The van der Waals surface area contributed by atoms with Gasteiger partial charge in [0.15, 0.2) is 0 Å². The topological polar surface area (TPSA) is 85.6 Å². The summed E-state index contributed by atoms with van der Waals surface area (Å²) < 4.78 is 6.17. The van der Waals surface area contributed by atoms with Crippen LogP contribution in [-0.2, 0) is 16.1 Å². The molecule has 6 heteroatoms. The number of hydrogen-bond acceptors (Lipinski definition) is 4. The molecule has 0 atom stereocenters. The zero-order valence-corrected chi connectivity index (χ0v) is 10.8. The number of carbonyl (C=O) groups is 2. The van der Waals surface area contributed by atoms with Crippen LogP contribution in [-0.4, -0.2) is 28.2 Å². The number of carboxylic acid groups (broad SMARTS) is 1. The maximum Gasteiger partial charge on any atom is 0.343 e. The Morgan fingerprint density at radius 1 is 1.30 bits per heavy atom. The molecule has 0 saturated carbocycles. The Labute approximate surface area is 114 Å². The number of fused-ring (bicyclic) bond motifs is 1.